The van der Waals surface area contributed by atoms with Crippen LogP contribution in [0, 0.1) is 0 Å². The fraction of sp³-hybridized carbons (Fsp3) is 0.211. The smallest absolute Gasteiger partial charge is 0.218 e. The maximum Gasteiger partial charge on any atom is 0.218 e. The van der Waals surface area contributed by atoms with Crippen LogP contribution >= 0.6 is 0 Å². The van der Waals surface area contributed by atoms with Gasteiger partial charge >= 0.3 is 0 Å². The number of ether oxygens (including phenoxy) is 2. The van der Waals surface area contributed by atoms with Gasteiger partial charge in [0.15, 0.2) is 0 Å². The molecule has 0 spiro atoms. The lowest BCUT2D eigenvalue weighted by Gasteiger charge is -2.18. The van der Waals surface area contributed by atoms with Crippen molar-refractivity contribution >= 4 is 16.8 Å². The zero-order valence-corrected chi connectivity index (χ0v) is 13.7. The minimum atomic E-state index is -0.355. The molecule has 0 bridgehead atoms. The number of hydrogen-bond donors (Lipinski definition) is 2. The first kappa shape index (κ1) is 15.9. The van der Waals surface area contributed by atoms with Gasteiger partial charge in [-0.3, -0.25) is 4.79 Å². The molecule has 1 unspecified atom stereocenters. The number of carbonyl (C=O) groups excluding carboxylic acids is 1. The summed E-state index contributed by atoms with van der Waals surface area (Å²) in [4.78, 5) is 14.9. The van der Waals surface area contributed by atoms with Crippen molar-refractivity contribution in [2.75, 3.05) is 14.2 Å². The maximum atomic E-state index is 11.7. The van der Waals surface area contributed by atoms with Crippen molar-refractivity contribution in [2.24, 2.45) is 5.73 Å². The normalized spacial score (nSPS) is 12.1. The number of benzene rings is 2. The second-order valence-corrected chi connectivity index (χ2v) is 5.66. The minimum Gasteiger partial charge on any atom is -0.497 e. The predicted octanol–water partition coefficient (Wildman–Crippen LogP) is 3.19. The number of hydrogen-bond acceptors (Lipinski definition) is 3. The second-order valence-electron chi connectivity index (χ2n) is 5.66. The summed E-state index contributed by atoms with van der Waals surface area (Å²) in [6, 6.07) is 13.6. The zero-order valence-electron chi connectivity index (χ0n) is 13.7. The molecule has 0 aliphatic rings. The van der Waals surface area contributed by atoms with E-state index in [0.29, 0.717) is 11.5 Å². The number of H-pyrrole nitrogens is 1. The Hall–Kier alpha value is -2.95. The Bertz CT molecular complexity index is 848. The van der Waals surface area contributed by atoms with Crippen LogP contribution in [-0.4, -0.2) is 25.1 Å². The van der Waals surface area contributed by atoms with E-state index in [-0.39, 0.29) is 18.2 Å². The molecule has 2 aromatic carbocycles. The van der Waals surface area contributed by atoms with Crippen molar-refractivity contribution in [1.82, 2.24) is 4.98 Å². The molecule has 3 rings (SSSR count). The molecule has 0 aliphatic heterocycles. The highest BCUT2D eigenvalue weighted by atomic mass is 16.5. The third-order valence-electron chi connectivity index (χ3n) is 4.18. The third kappa shape index (κ3) is 3.06. The van der Waals surface area contributed by atoms with Crippen molar-refractivity contribution in [2.45, 2.75) is 12.3 Å². The number of fused-ring (bicyclic) bond motifs is 1. The summed E-state index contributed by atoms with van der Waals surface area (Å²) in [5.74, 6) is 0.826. The van der Waals surface area contributed by atoms with E-state index in [0.717, 1.165) is 22.0 Å². The van der Waals surface area contributed by atoms with Crippen molar-refractivity contribution in [3.63, 3.8) is 0 Å². The summed E-state index contributed by atoms with van der Waals surface area (Å²) in [6.07, 6.45) is 2.14. The molecule has 0 saturated carbocycles. The first-order valence-electron chi connectivity index (χ1n) is 7.69. The topological polar surface area (TPSA) is 77.3 Å². The van der Waals surface area contributed by atoms with Gasteiger partial charge in [0.25, 0.3) is 0 Å². The summed E-state index contributed by atoms with van der Waals surface area (Å²) in [5, 5.41) is 1.07. The van der Waals surface area contributed by atoms with Crippen LogP contribution in [0.2, 0.25) is 0 Å². The molecule has 124 valence electrons. The Morgan fingerprint density at radius 1 is 1.12 bits per heavy atom. The molecule has 5 nitrogen and oxygen atoms in total. The van der Waals surface area contributed by atoms with Crippen LogP contribution in [0.5, 0.6) is 11.5 Å². The summed E-state index contributed by atoms with van der Waals surface area (Å²) in [6.45, 7) is 0. The number of carbonyl (C=O) groups is 1. The van der Waals surface area contributed by atoms with Gasteiger partial charge < -0.3 is 20.2 Å². The number of aromatic amines is 1. The molecule has 1 atom stereocenters. The van der Waals surface area contributed by atoms with E-state index >= 15 is 0 Å². The van der Waals surface area contributed by atoms with Gasteiger partial charge in [-0.15, -0.1) is 0 Å². The highest BCUT2D eigenvalue weighted by Crippen LogP contribution is 2.36. The van der Waals surface area contributed by atoms with Crippen LogP contribution in [0.1, 0.15) is 23.5 Å². The van der Waals surface area contributed by atoms with Crippen molar-refractivity contribution in [3.05, 3.63) is 59.8 Å². The van der Waals surface area contributed by atoms with Crippen LogP contribution in [0.25, 0.3) is 10.9 Å². The van der Waals surface area contributed by atoms with Crippen LogP contribution in [-0.2, 0) is 4.79 Å². The van der Waals surface area contributed by atoms with Crippen molar-refractivity contribution in [1.29, 1.82) is 0 Å². The molecular weight excluding hydrogens is 304 g/mol. The van der Waals surface area contributed by atoms with E-state index in [1.165, 1.54) is 0 Å². The van der Waals surface area contributed by atoms with E-state index in [1.54, 1.807) is 20.3 Å². The zero-order chi connectivity index (χ0) is 17.1. The quantitative estimate of drug-likeness (QED) is 0.731. The molecule has 0 fully saturated rings. The first-order valence-corrected chi connectivity index (χ1v) is 7.69. The summed E-state index contributed by atoms with van der Waals surface area (Å²) < 4.78 is 10.7. The number of nitrogens with one attached hydrogen (secondary N) is 1. The Balaban J connectivity index is 2.15. The number of primary amides is 1. The molecule has 0 radical (unpaired) electrons. The van der Waals surface area contributed by atoms with E-state index in [1.807, 2.05) is 42.6 Å². The lowest BCUT2D eigenvalue weighted by atomic mass is 9.87. The molecule has 1 aromatic heterocycles. The second kappa shape index (κ2) is 6.66. The Kier molecular flexibility index (Phi) is 4.42. The molecule has 3 aromatic rings. The van der Waals surface area contributed by atoms with E-state index < -0.39 is 0 Å². The lowest BCUT2D eigenvalue weighted by molar-refractivity contribution is -0.118. The first-order chi connectivity index (χ1) is 11.6. The SMILES string of the molecule is COc1cc(OC)cc(C(CC(N)=O)c2c[nH]c3ccccc23)c1. The molecular formula is C19H20N2O3. The molecule has 1 amide bonds. The Morgan fingerprint density at radius 3 is 2.42 bits per heavy atom. The molecule has 3 N–H and O–H groups in total. The van der Waals surface area contributed by atoms with Gasteiger partial charge in [-0.1, -0.05) is 18.2 Å². The molecule has 0 aliphatic carbocycles. The molecule has 5 heteroatoms. The van der Waals surface area contributed by atoms with E-state index in [9.17, 15) is 4.79 Å². The van der Waals surface area contributed by atoms with Gasteiger partial charge in [0, 0.05) is 35.5 Å². The minimum absolute atomic E-state index is 0.178. The number of methoxy groups -OCH3 is 2. The van der Waals surface area contributed by atoms with E-state index in [2.05, 4.69) is 4.98 Å². The number of para-hydroxylation sites is 1. The fourth-order valence-electron chi connectivity index (χ4n) is 3.02. The van der Waals surface area contributed by atoms with Gasteiger partial charge in [0.1, 0.15) is 11.5 Å². The molecule has 1 heterocycles. The highest BCUT2D eigenvalue weighted by molar-refractivity contribution is 5.85. The molecule has 24 heavy (non-hydrogen) atoms. The fourth-order valence-corrected chi connectivity index (χ4v) is 3.02. The largest absolute Gasteiger partial charge is 0.497 e. The standard InChI is InChI=1S/C19H20N2O3/c1-23-13-7-12(8-14(9-13)24-2)16(10-19(20)22)17-11-21-18-6-4-3-5-15(17)18/h3-9,11,16,21H,10H2,1-2H3,(H2,20,22). The molecule has 0 saturated heterocycles. The summed E-state index contributed by atoms with van der Waals surface area (Å²) in [5.41, 5.74) is 8.49. The lowest BCUT2D eigenvalue weighted by Crippen LogP contribution is -2.16. The van der Waals surface area contributed by atoms with Crippen LogP contribution in [0.3, 0.4) is 0 Å². The average Bonchev–Trinajstić information content (AvgIpc) is 3.02. The average molecular weight is 324 g/mol. The Labute approximate surface area is 140 Å². The number of amides is 1. The van der Waals surface area contributed by atoms with Crippen molar-refractivity contribution in [3.8, 4) is 11.5 Å². The van der Waals surface area contributed by atoms with Gasteiger partial charge in [-0.25, -0.2) is 0 Å². The van der Waals surface area contributed by atoms with Crippen LogP contribution in [0.4, 0.5) is 0 Å². The summed E-state index contributed by atoms with van der Waals surface area (Å²) >= 11 is 0. The van der Waals surface area contributed by atoms with E-state index in [4.69, 9.17) is 15.2 Å². The summed E-state index contributed by atoms with van der Waals surface area (Å²) in [7, 11) is 3.21. The highest BCUT2D eigenvalue weighted by Gasteiger charge is 2.21. The number of aromatic nitrogens is 1. The maximum absolute atomic E-state index is 11.7. The van der Waals surface area contributed by atoms with Gasteiger partial charge in [-0.2, -0.15) is 0 Å². The third-order valence-corrected chi connectivity index (χ3v) is 4.18. The Morgan fingerprint density at radius 2 is 1.79 bits per heavy atom. The van der Waals surface area contributed by atoms with Gasteiger partial charge in [0.05, 0.1) is 14.2 Å². The van der Waals surface area contributed by atoms with Crippen LogP contribution in [0.15, 0.2) is 48.7 Å². The number of rotatable bonds is 6. The number of nitrogens with two attached hydrogens (primary N) is 1. The van der Waals surface area contributed by atoms with Gasteiger partial charge in [-0.05, 0) is 29.3 Å². The monoisotopic (exact) mass is 324 g/mol. The van der Waals surface area contributed by atoms with Crippen LogP contribution < -0.4 is 15.2 Å². The predicted molar refractivity (Wildman–Crippen MR) is 93.5 cm³/mol. The van der Waals surface area contributed by atoms with Crippen molar-refractivity contribution < 1.29 is 14.3 Å². The van der Waals surface area contributed by atoms with Gasteiger partial charge in [0.2, 0.25) is 5.91 Å².